The molecule has 2 N–H and O–H groups in total. The summed E-state index contributed by atoms with van der Waals surface area (Å²) in [5.74, 6) is -6.91. The molecule has 2 atom stereocenters. The Bertz CT molecular complexity index is 604. The van der Waals surface area contributed by atoms with Gasteiger partial charge in [-0.2, -0.15) is 8.78 Å². The van der Waals surface area contributed by atoms with E-state index in [0.29, 0.717) is 19.4 Å². The highest BCUT2D eigenvalue weighted by Crippen LogP contribution is 2.37. The number of aromatic carboxylic acids is 1. The van der Waals surface area contributed by atoms with Crippen molar-refractivity contribution < 1.29 is 28.2 Å². The molecule has 2 rings (SSSR count). The Morgan fingerprint density at radius 3 is 2.56 bits per heavy atom. The van der Waals surface area contributed by atoms with E-state index in [1.165, 1.54) is 19.1 Å². The fourth-order valence-corrected chi connectivity index (χ4v) is 3.13. The zero-order valence-corrected chi connectivity index (χ0v) is 14.1. The minimum atomic E-state index is -3.46. The highest BCUT2D eigenvalue weighted by Gasteiger charge is 2.49. The van der Waals surface area contributed by atoms with Gasteiger partial charge in [0.25, 0.3) is 0 Å². The van der Waals surface area contributed by atoms with Crippen LogP contribution in [0.15, 0.2) is 24.3 Å². The van der Waals surface area contributed by atoms with Gasteiger partial charge >= 0.3 is 17.9 Å². The number of benzene rings is 1. The van der Waals surface area contributed by atoms with E-state index in [1.807, 2.05) is 0 Å². The van der Waals surface area contributed by atoms with Gasteiger partial charge in [0.1, 0.15) is 0 Å². The fraction of sp³-hybridized carbons (Fsp3) is 0.556. The Labute approximate surface area is 145 Å². The summed E-state index contributed by atoms with van der Waals surface area (Å²) in [7, 11) is 0. The van der Waals surface area contributed by atoms with E-state index in [2.05, 4.69) is 10.1 Å². The molecule has 0 radical (unpaired) electrons. The number of hydrogen-bond acceptors (Lipinski definition) is 4. The van der Waals surface area contributed by atoms with E-state index in [0.717, 1.165) is 12.0 Å². The van der Waals surface area contributed by atoms with Crippen LogP contribution >= 0.6 is 0 Å². The van der Waals surface area contributed by atoms with Crippen LogP contribution in [0.4, 0.5) is 8.78 Å². The largest absolute Gasteiger partial charge is 0.478 e. The summed E-state index contributed by atoms with van der Waals surface area (Å²) in [4.78, 5) is 22.3. The van der Waals surface area contributed by atoms with Crippen molar-refractivity contribution in [1.82, 2.24) is 5.32 Å². The summed E-state index contributed by atoms with van der Waals surface area (Å²) in [5, 5.41) is 12.1. The van der Waals surface area contributed by atoms with Crippen LogP contribution in [0.2, 0.25) is 0 Å². The van der Waals surface area contributed by atoms with Crippen LogP contribution in [0.1, 0.15) is 48.5 Å². The summed E-state index contributed by atoms with van der Waals surface area (Å²) in [6.07, 6.45) is 1.90. The third kappa shape index (κ3) is 4.98. The van der Waals surface area contributed by atoms with Crippen LogP contribution in [0.5, 0.6) is 0 Å². The maximum Gasteiger partial charge on any atom is 0.377 e. The van der Waals surface area contributed by atoms with E-state index < -0.39 is 23.8 Å². The van der Waals surface area contributed by atoms with Crippen LogP contribution in [-0.4, -0.2) is 35.6 Å². The van der Waals surface area contributed by atoms with Crippen molar-refractivity contribution in [3.8, 4) is 0 Å². The third-order valence-electron chi connectivity index (χ3n) is 4.53. The van der Waals surface area contributed by atoms with Gasteiger partial charge in [0, 0.05) is 18.5 Å². The van der Waals surface area contributed by atoms with E-state index in [-0.39, 0.29) is 24.6 Å². The molecule has 7 heteroatoms. The van der Waals surface area contributed by atoms with Crippen LogP contribution < -0.4 is 5.32 Å². The molecule has 1 fully saturated rings. The molecule has 0 amide bonds. The van der Waals surface area contributed by atoms with Crippen molar-refractivity contribution in [2.45, 2.75) is 51.1 Å². The van der Waals surface area contributed by atoms with Gasteiger partial charge in [-0.1, -0.05) is 18.6 Å². The van der Waals surface area contributed by atoms with Crippen molar-refractivity contribution in [2.24, 2.45) is 5.92 Å². The van der Waals surface area contributed by atoms with Gasteiger partial charge in [0.2, 0.25) is 0 Å². The van der Waals surface area contributed by atoms with Crippen LogP contribution in [0.3, 0.4) is 0 Å². The van der Waals surface area contributed by atoms with Gasteiger partial charge in [0.15, 0.2) is 0 Å². The van der Waals surface area contributed by atoms with Gasteiger partial charge in [-0.05, 0) is 43.9 Å². The average Bonchev–Trinajstić information content (AvgIpc) is 2.60. The Morgan fingerprint density at radius 2 is 1.96 bits per heavy atom. The predicted octanol–water partition coefficient (Wildman–Crippen LogP) is 3.23. The first-order chi connectivity index (χ1) is 11.8. The molecule has 5 nitrogen and oxygen atoms in total. The normalized spacial score (nSPS) is 20.9. The molecule has 1 aromatic carbocycles. The Balaban J connectivity index is 1.90. The summed E-state index contributed by atoms with van der Waals surface area (Å²) >= 11 is 0. The Morgan fingerprint density at radius 1 is 1.28 bits per heavy atom. The van der Waals surface area contributed by atoms with Gasteiger partial charge in [0.05, 0.1) is 12.2 Å². The quantitative estimate of drug-likeness (QED) is 0.735. The predicted molar refractivity (Wildman–Crippen MR) is 87.6 cm³/mol. The molecule has 25 heavy (non-hydrogen) atoms. The number of rotatable bonds is 7. The van der Waals surface area contributed by atoms with Gasteiger partial charge in [-0.3, -0.25) is 0 Å². The average molecular weight is 355 g/mol. The lowest BCUT2D eigenvalue weighted by Crippen LogP contribution is -2.45. The fourth-order valence-electron chi connectivity index (χ4n) is 3.13. The molecule has 0 bridgehead atoms. The minimum absolute atomic E-state index is 0.0604. The maximum atomic E-state index is 14.2. The molecule has 0 heterocycles. The van der Waals surface area contributed by atoms with Crippen molar-refractivity contribution in [3.05, 3.63) is 35.4 Å². The number of ether oxygens (including phenoxy) is 1. The number of nitrogens with one attached hydrogen (secondary N) is 1. The number of carboxylic acids is 1. The minimum Gasteiger partial charge on any atom is -0.478 e. The van der Waals surface area contributed by atoms with Crippen molar-refractivity contribution in [1.29, 1.82) is 0 Å². The third-order valence-corrected chi connectivity index (χ3v) is 4.53. The molecule has 2 unspecified atom stereocenters. The van der Waals surface area contributed by atoms with Gasteiger partial charge in [-0.25, -0.2) is 9.59 Å². The highest BCUT2D eigenvalue weighted by atomic mass is 19.3. The second-order valence-corrected chi connectivity index (χ2v) is 6.29. The molecule has 0 saturated heterocycles. The molecule has 1 saturated carbocycles. The first-order valence-corrected chi connectivity index (χ1v) is 8.45. The number of esters is 1. The van der Waals surface area contributed by atoms with Crippen molar-refractivity contribution in [3.63, 3.8) is 0 Å². The molecule has 1 aliphatic rings. The monoisotopic (exact) mass is 355 g/mol. The first kappa shape index (κ1) is 19.3. The number of carboxylic acid groups (broad SMARTS) is 1. The molecule has 0 aromatic heterocycles. The maximum absolute atomic E-state index is 14.2. The molecular weight excluding hydrogens is 332 g/mol. The van der Waals surface area contributed by atoms with Crippen LogP contribution in [0, 0.1) is 5.92 Å². The van der Waals surface area contributed by atoms with E-state index in [1.54, 1.807) is 12.1 Å². The van der Waals surface area contributed by atoms with Gasteiger partial charge < -0.3 is 15.2 Å². The second kappa shape index (κ2) is 8.38. The highest BCUT2D eigenvalue weighted by molar-refractivity contribution is 5.87. The molecule has 0 aliphatic heterocycles. The Hall–Kier alpha value is -2.02. The first-order valence-electron chi connectivity index (χ1n) is 8.45. The summed E-state index contributed by atoms with van der Waals surface area (Å²) < 4.78 is 32.9. The van der Waals surface area contributed by atoms with Crippen LogP contribution in [-0.2, 0) is 16.1 Å². The lowest BCUT2D eigenvalue weighted by molar-refractivity contribution is -0.182. The number of halogens is 2. The smallest absolute Gasteiger partial charge is 0.377 e. The molecule has 1 aliphatic carbocycles. The Kier molecular flexibility index (Phi) is 6.47. The zero-order valence-electron chi connectivity index (χ0n) is 14.1. The molecule has 1 aromatic rings. The molecule has 138 valence electrons. The summed E-state index contributed by atoms with van der Waals surface area (Å²) in [6, 6.07) is 6.31. The van der Waals surface area contributed by atoms with E-state index in [4.69, 9.17) is 5.11 Å². The lowest BCUT2D eigenvalue weighted by Gasteiger charge is -2.33. The van der Waals surface area contributed by atoms with Crippen LogP contribution in [0.25, 0.3) is 0 Å². The molecule has 0 spiro atoms. The zero-order chi connectivity index (χ0) is 18.4. The van der Waals surface area contributed by atoms with E-state index >= 15 is 0 Å². The number of alkyl halides is 2. The summed E-state index contributed by atoms with van der Waals surface area (Å²) in [6.45, 7) is 1.91. The van der Waals surface area contributed by atoms with Crippen molar-refractivity contribution >= 4 is 11.9 Å². The topological polar surface area (TPSA) is 75.6 Å². The number of carbonyl (C=O) groups is 2. The molecular formula is C18H23F2NO4. The number of hydrogen-bond donors (Lipinski definition) is 2. The summed E-state index contributed by atoms with van der Waals surface area (Å²) in [5.41, 5.74) is 1.08. The van der Waals surface area contributed by atoms with Gasteiger partial charge in [-0.15, -0.1) is 0 Å². The SMILES string of the molecule is CCOC(=O)C(F)(F)C1CCCC(NCc2ccc(C(=O)O)cc2)C1. The standard InChI is InChI=1S/C18H23F2NO4/c1-2-25-17(24)18(19,20)14-4-3-5-15(10-14)21-11-12-6-8-13(9-7-12)16(22)23/h6-9,14-15,21H,2-5,10-11H2,1H3,(H,22,23). The van der Waals surface area contributed by atoms with Crippen molar-refractivity contribution in [2.75, 3.05) is 6.61 Å². The lowest BCUT2D eigenvalue weighted by atomic mass is 9.81. The number of carbonyl (C=O) groups excluding carboxylic acids is 1. The van der Waals surface area contributed by atoms with E-state index in [9.17, 15) is 18.4 Å². The second-order valence-electron chi connectivity index (χ2n) is 6.29.